The molecule has 3 rings (SSSR count). The maximum Gasteiger partial charge on any atom is 0.362 e. The molecule has 0 aliphatic rings. The van der Waals surface area contributed by atoms with Crippen molar-refractivity contribution in [3.8, 4) is 5.75 Å². The zero-order chi connectivity index (χ0) is 14.4. The number of hydrogen-bond donors (Lipinski definition) is 1. The zero-order valence-corrected chi connectivity index (χ0v) is 11.7. The molecule has 1 N–H and O–H groups in total. The van der Waals surface area contributed by atoms with Gasteiger partial charge in [0.2, 0.25) is 0 Å². The van der Waals surface area contributed by atoms with Crippen LogP contribution in [0.15, 0.2) is 21.3 Å². The quantitative estimate of drug-likeness (QED) is 0.728. The summed E-state index contributed by atoms with van der Waals surface area (Å²) < 4.78 is 6.96. The topological polar surface area (TPSA) is 68.3 Å². The molecule has 5 nitrogen and oxygen atoms in total. The molecule has 2 aromatic heterocycles. The smallest absolute Gasteiger partial charge is 0.362 e. The average Bonchev–Trinajstić information content (AvgIpc) is 2.73. The Kier molecular flexibility index (Phi) is 2.78. The number of fused-ring (bicyclic) bond motifs is 3. The Morgan fingerprint density at radius 1 is 1.40 bits per heavy atom. The van der Waals surface area contributed by atoms with Crippen LogP contribution in [-0.2, 0) is 13.5 Å². The van der Waals surface area contributed by atoms with Crippen LogP contribution in [0.2, 0.25) is 0 Å². The molecule has 1 aromatic carbocycles. The average molecular weight is 272 g/mol. The van der Waals surface area contributed by atoms with Crippen molar-refractivity contribution in [2.24, 2.45) is 7.05 Å². The van der Waals surface area contributed by atoms with Gasteiger partial charge in [-0.15, -0.1) is 0 Å². The predicted molar refractivity (Wildman–Crippen MR) is 77.2 cm³/mol. The number of phenolic OH excluding ortho intramolecular Hbond substituents is 1. The third-order valence-corrected chi connectivity index (χ3v) is 3.64. The van der Waals surface area contributed by atoms with Gasteiger partial charge in [0.15, 0.2) is 5.52 Å². The van der Waals surface area contributed by atoms with Crippen LogP contribution in [0.25, 0.3) is 21.9 Å². The molecule has 0 bridgehead atoms. The summed E-state index contributed by atoms with van der Waals surface area (Å²) in [5.41, 5.74) is 1.97. The molecule has 20 heavy (non-hydrogen) atoms. The van der Waals surface area contributed by atoms with Crippen molar-refractivity contribution in [1.29, 1.82) is 0 Å². The summed E-state index contributed by atoms with van der Waals surface area (Å²) in [5.74, 6) is 0.126. The Labute approximate surface area is 115 Å². The molecule has 3 aromatic rings. The zero-order valence-electron chi connectivity index (χ0n) is 11.7. The second-order valence-electron chi connectivity index (χ2n) is 5.02. The fraction of sp³-hybridized carbons (Fsp3) is 0.333. The summed E-state index contributed by atoms with van der Waals surface area (Å²) in [4.78, 5) is 12.2. The van der Waals surface area contributed by atoms with Crippen molar-refractivity contribution in [2.75, 3.05) is 0 Å². The van der Waals surface area contributed by atoms with Crippen LogP contribution < -0.4 is 5.63 Å². The molecule has 104 valence electrons. The predicted octanol–water partition coefficient (Wildman–Crippen LogP) is 2.65. The molecule has 0 saturated heterocycles. The molecule has 0 unspecified atom stereocenters. The largest absolute Gasteiger partial charge is 0.508 e. The van der Waals surface area contributed by atoms with Crippen LogP contribution in [0.3, 0.4) is 0 Å². The van der Waals surface area contributed by atoms with E-state index in [1.807, 2.05) is 0 Å². The molecule has 5 heteroatoms. The highest BCUT2D eigenvalue weighted by Crippen LogP contribution is 2.31. The molecule has 0 radical (unpaired) electrons. The molecule has 0 saturated carbocycles. The van der Waals surface area contributed by atoms with E-state index in [1.54, 1.807) is 30.8 Å². The molecule has 0 aliphatic carbocycles. The molecule has 0 spiro atoms. The van der Waals surface area contributed by atoms with Crippen molar-refractivity contribution in [1.82, 2.24) is 9.78 Å². The van der Waals surface area contributed by atoms with Gasteiger partial charge in [-0.3, -0.25) is 4.68 Å². The number of nitrogens with zero attached hydrogens (tertiary/aromatic N) is 2. The number of aryl methyl sites for hydroxylation is 3. The molecule has 2 heterocycles. The lowest BCUT2D eigenvalue weighted by Gasteiger charge is -2.05. The van der Waals surface area contributed by atoms with E-state index in [1.165, 1.54) is 0 Å². The fourth-order valence-corrected chi connectivity index (χ4v) is 2.66. The number of aromatic hydroxyl groups is 1. The normalized spacial score (nSPS) is 11.6. The van der Waals surface area contributed by atoms with Crippen molar-refractivity contribution < 1.29 is 9.52 Å². The molecule has 0 amide bonds. The van der Waals surface area contributed by atoms with E-state index < -0.39 is 5.63 Å². The van der Waals surface area contributed by atoms with E-state index in [9.17, 15) is 9.90 Å². The number of benzene rings is 1. The monoisotopic (exact) mass is 272 g/mol. The van der Waals surface area contributed by atoms with Crippen molar-refractivity contribution in [2.45, 2.75) is 26.7 Å². The van der Waals surface area contributed by atoms with Gasteiger partial charge in [-0.25, -0.2) is 4.79 Å². The van der Waals surface area contributed by atoms with E-state index in [0.29, 0.717) is 16.7 Å². The van der Waals surface area contributed by atoms with Gasteiger partial charge in [0, 0.05) is 23.4 Å². The standard InChI is InChI=1S/C15H16N2O3/c1-4-5-10-12-9-6-7-11(18)8(2)14(9)20-15(19)13(12)17(3)16-10/h6-7,18H,4-5H2,1-3H3. The first-order chi connectivity index (χ1) is 9.54. The van der Waals surface area contributed by atoms with Gasteiger partial charge in [-0.1, -0.05) is 13.3 Å². The van der Waals surface area contributed by atoms with Crippen molar-refractivity contribution >= 4 is 21.9 Å². The number of hydrogen-bond acceptors (Lipinski definition) is 4. The summed E-state index contributed by atoms with van der Waals surface area (Å²) in [6.07, 6.45) is 1.75. The maximum atomic E-state index is 12.2. The van der Waals surface area contributed by atoms with Gasteiger partial charge < -0.3 is 9.52 Å². The van der Waals surface area contributed by atoms with Crippen LogP contribution in [0.4, 0.5) is 0 Å². The Hall–Kier alpha value is -2.30. The third kappa shape index (κ3) is 1.62. The highest BCUT2D eigenvalue weighted by Gasteiger charge is 2.18. The second-order valence-corrected chi connectivity index (χ2v) is 5.02. The minimum absolute atomic E-state index is 0.126. The van der Waals surface area contributed by atoms with Crippen LogP contribution in [0.5, 0.6) is 5.75 Å². The molecule has 0 fully saturated rings. The number of rotatable bonds is 2. The van der Waals surface area contributed by atoms with Gasteiger partial charge >= 0.3 is 5.63 Å². The highest BCUT2D eigenvalue weighted by atomic mass is 16.4. The van der Waals surface area contributed by atoms with Gasteiger partial charge in [0.05, 0.1) is 5.69 Å². The van der Waals surface area contributed by atoms with Crippen LogP contribution in [0.1, 0.15) is 24.6 Å². The summed E-state index contributed by atoms with van der Waals surface area (Å²) >= 11 is 0. The molecule has 0 aliphatic heterocycles. The van der Waals surface area contributed by atoms with E-state index in [-0.39, 0.29) is 5.75 Å². The third-order valence-electron chi connectivity index (χ3n) is 3.64. The fourth-order valence-electron chi connectivity index (χ4n) is 2.66. The van der Waals surface area contributed by atoms with E-state index >= 15 is 0 Å². The summed E-state index contributed by atoms with van der Waals surface area (Å²) in [5, 5.41) is 15.9. The lowest BCUT2D eigenvalue weighted by Crippen LogP contribution is -2.05. The van der Waals surface area contributed by atoms with Gasteiger partial charge in [-0.2, -0.15) is 5.10 Å². The summed E-state index contributed by atoms with van der Waals surface area (Å²) in [6, 6.07) is 3.41. The van der Waals surface area contributed by atoms with E-state index in [0.717, 1.165) is 29.3 Å². The lowest BCUT2D eigenvalue weighted by atomic mass is 10.0. The second kappa shape index (κ2) is 4.37. The van der Waals surface area contributed by atoms with Gasteiger partial charge in [-0.05, 0) is 25.5 Å². The van der Waals surface area contributed by atoms with Crippen LogP contribution in [-0.4, -0.2) is 14.9 Å². The highest BCUT2D eigenvalue weighted by molar-refractivity contribution is 6.06. The van der Waals surface area contributed by atoms with Crippen LogP contribution >= 0.6 is 0 Å². The Morgan fingerprint density at radius 3 is 2.85 bits per heavy atom. The van der Waals surface area contributed by atoms with E-state index in [2.05, 4.69) is 12.0 Å². The van der Waals surface area contributed by atoms with E-state index in [4.69, 9.17) is 4.42 Å². The first-order valence-electron chi connectivity index (χ1n) is 6.65. The summed E-state index contributed by atoms with van der Waals surface area (Å²) in [6.45, 7) is 3.81. The first-order valence-corrected chi connectivity index (χ1v) is 6.65. The van der Waals surface area contributed by atoms with Gasteiger partial charge in [0.25, 0.3) is 0 Å². The minimum Gasteiger partial charge on any atom is -0.508 e. The Bertz CT molecular complexity index is 874. The van der Waals surface area contributed by atoms with Crippen molar-refractivity contribution in [3.63, 3.8) is 0 Å². The Morgan fingerprint density at radius 2 is 2.15 bits per heavy atom. The molecular formula is C15H16N2O3. The molecule has 0 atom stereocenters. The first kappa shape index (κ1) is 12.7. The van der Waals surface area contributed by atoms with Crippen LogP contribution in [0, 0.1) is 6.92 Å². The van der Waals surface area contributed by atoms with Gasteiger partial charge in [0.1, 0.15) is 11.3 Å². The summed E-state index contributed by atoms with van der Waals surface area (Å²) in [7, 11) is 1.75. The molecular weight excluding hydrogens is 256 g/mol. The van der Waals surface area contributed by atoms with Crippen molar-refractivity contribution in [3.05, 3.63) is 33.8 Å². The lowest BCUT2D eigenvalue weighted by molar-refractivity contribution is 0.468. The Balaban J connectivity index is 2.58. The number of aromatic nitrogens is 2. The maximum absolute atomic E-state index is 12.2. The SMILES string of the molecule is CCCc1nn(C)c2c(=O)oc3c(C)c(O)ccc3c12. The minimum atomic E-state index is -0.418. The number of phenols is 1.